The largest absolute Gasteiger partial charge is 0.456 e. The molecule has 13 rings (SSSR count). The zero-order valence-corrected chi connectivity index (χ0v) is 39.3. The molecule has 0 fully saturated rings. The van der Waals surface area contributed by atoms with E-state index < -0.39 is 0 Å². The lowest BCUT2D eigenvalue weighted by Crippen LogP contribution is -2.23. The first-order valence-electron chi connectivity index (χ1n) is 23.6. The highest BCUT2D eigenvalue weighted by atomic mass is 32.1. The number of hydrogen-bond acceptors (Lipinski definition) is 4. The lowest BCUT2D eigenvalue weighted by Gasteiger charge is -2.32. The summed E-state index contributed by atoms with van der Waals surface area (Å²) in [6, 6.07) is 79.3. The van der Waals surface area contributed by atoms with Crippen molar-refractivity contribution in [3.8, 4) is 43.1 Å². The first-order valence-corrected chi connectivity index (χ1v) is 24.4. The van der Waals surface area contributed by atoms with Crippen molar-refractivity contribution in [2.75, 3.05) is 9.80 Å². The Bertz CT molecular complexity index is 3750. The van der Waals surface area contributed by atoms with E-state index in [1.165, 1.54) is 65.4 Å². The Kier molecular flexibility index (Phi) is 9.09. The van der Waals surface area contributed by atoms with E-state index in [-0.39, 0.29) is 10.8 Å². The molecule has 0 radical (unpaired) electrons. The molecule has 0 N–H and O–H groups in total. The maximum Gasteiger partial charge on any atom is 0.135 e. The van der Waals surface area contributed by atoms with Gasteiger partial charge in [-0.3, -0.25) is 0 Å². The van der Waals surface area contributed by atoms with Crippen LogP contribution in [0.3, 0.4) is 0 Å². The molecule has 0 saturated heterocycles. The number of anilines is 6. The monoisotopic (exact) mass is 892 g/mol. The molecule has 9 aromatic carbocycles. The summed E-state index contributed by atoms with van der Waals surface area (Å²) in [6.45, 7) is 9.79. The molecule has 0 spiro atoms. The van der Waals surface area contributed by atoms with Gasteiger partial charge in [0.25, 0.3) is 0 Å². The number of hydrogen-bond donors (Lipinski definition) is 0. The minimum absolute atomic E-state index is 0.238. The Morgan fingerprint density at radius 2 is 0.779 bits per heavy atom. The predicted octanol–water partition coefficient (Wildman–Crippen LogP) is 18.5. The maximum absolute atomic E-state index is 6.34. The average molecular weight is 893 g/mol. The molecular weight excluding hydrogens is 845 g/mol. The van der Waals surface area contributed by atoms with Gasteiger partial charge in [-0.1, -0.05) is 173 Å². The molecule has 68 heavy (non-hydrogen) atoms. The van der Waals surface area contributed by atoms with Crippen LogP contribution in [0, 0.1) is 0 Å². The molecule has 2 heterocycles. The molecule has 0 bridgehead atoms. The van der Waals surface area contributed by atoms with Crippen molar-refractivity contribution in [3.63, 3.8) is 0 Å². The van der Waals surface area contributed by atoms with Gasteiger partial charge in [-0.05, 0) is 117 Å². The summed E-state index contributed by atoms with van der Waals surface area (Å²) in [5.41, 5.74) is 21.2. The van der Waals surface area contributed by atoms with Crippen LogP contribution in [-0.4, -0.2) is 0 Å². The van der Waals surface area contributed by atoms with Crippen molar-refractivity contribution in [2.24, 2.45) is 0 Å². The third-order valence-electron chi connectivity index (χ3n) is 14.6. The number of rotatable bonds is 8. The van der Waals surface area contributed by atoms with E-state index in [2.05, 4.69) is 250 Å². The van der Waals surface area contributed by atoms with E-state index in [9.17, 15) is 0 Å². The van der Waals surface area contributed by atoms with Crippen LogP contribution in [0.5, 0.6) is 0 Å². The molecule has 0 amide bonds. The average Bonchev–Trinajstić information content (AvgIpc) is 4.08. The van der Waals surface area contributed by atoms with Crippen LogP contribution in [0.2, 0.25) is 0 Å². The lowest BCUT2D eigenvalue weighted by atomic mass is 9.74. The van der Waals surface area contributed by atoms with Crippen LogP contribution >= 0.6 is 11.3 Å². The van der Waals surface area contributed by atoms with Crippen LogP contribution in [0.15, 0.2) is 223 Å². The van der Waals surface area contributed by atoms with E-state index in [1.807, 2.05) is 17.4 Å². The van der Waals surface area contributed by atoms with Gasteiger partial charge in [0, 0.05) is 65.2 Å². The molecule has 3 nitrogen and oxygen atoms in total. The van der Waals surface area contributed by atoms with Crippen molar-refractivity contribution in [1.82, 2.24) is 0 Å². The number of para-hydroxylation sites is 4. The van der Waals surface area contributed by atoms with E-state index in [1.54, 1.807) is 0 Å². The minimum Gasteiger partial charge on any atom is -0.456 e. The molecular formula is C64H48N2OS. The first-order chi connectivity index (χ1) is 33.3. The number of furan rings is 1. The maximum atomic E-state index is 6.34. The molecule has 11 aromatic rings. The van der Waals surface area contributed by atoms with Crippen LogP contribution < -0.4 is 9.80 Å². The molecule has 2 aliphatic carbocycles. The van der Waals surface area contributed by atoms with Gasteiger partial charge < -0.3 is 14.2 Å². The van der Waals surface area contributed by atoms with Crippen LogP contribution in [0.4, 0.5) is 34.1 Å². The van der Waals surface area contributed by atoms with Gasteiger partial charge in [-0.25, -0.2) is 0 Å². The highest BCUT2D eigenvalue weighted by Crippen LogP contribution is 2.64. The van der Waals surface area contributed by atoms with Gasteiger partial charge in [0.2, 0.25) is 0 Å². The summed E-state index contributed by atoms with van der Waals surface area (Å²) in [6.07, 6.45) is 0. The van der Waals surface area contributed by atoms with Crippen molar-refractivity contribution < 1.29 is 4.42 Å². The summed E-state index contributed by atoms with van der Waals surface area (Å²) >= 11 is 1.98. The van der Waals surface area contributed by atoms with Gasteiger partial charge in [-0.2, -0.15) is 0 Å². The SMILES string of the molecule is CC1(C)c2cc(N(c3ccccc3)c3ccccc3-c3ccccc3)ccc2-c2sc3c(c21)C(C)(C)c1cc(N(c2ccc4oc5ccccc5c4c2)c2ccccc2-c2ccccc2)ccc1-3. The lowest BCUT2D eigenvalue weighted by molar-refractivity contribution is 0.603. The van der Waals surface area contributed by atoms with Gasteiger partial charge in [-0.15, -0.1) is 11.3 Å². The Morgan fingerprint density at radius 3 is 1.34 bits per heavy atom. The highest BCUT2D eigenvalue weighted by Gasteiger charge is 2.48. The van der Waals surface area contributed by atoms with E-state index in [4.69, 9.17) is 4.42 Å². The number of fused-ring (bicyclic) bond motifs is 10. The van der Waals surface area contributed by atoms with Gasteiger partial charge in [0.1, 0.15) is 11.2 Å². The van der Waals surface area contributed by atoms with E-state index in [0.717, 1.165) is 56.1 Å². The van der Waals surface area contributed by atoms with Crippen molar-refractivity contribution >= 4 is 67.4 Å². The van der Waals surface area contributed by atoms with Gasteiger partial charge >= 0.3 is 0 Å². The topological polar surface area (TPSA) is 19.6 Å². The Morgan fingerprint density at radius 1 is 0.353 bits per heavy atom. The Hall–Kier alpha value is -7.92. The zero-order valence-electron chi connectivity index (χ0n) is 38.5. The smallest absolute Gasteiger partial charge is 0.135 e. The van der Waals surface area contributed by atoms with Crippen molar-refractivity contribution in [2.45, 2.75) is 38.5 Å². The summed E-state index contributed by atoms with van der Waals surface area (Å²) in [5, 5.41) is 2.23. The summed E-state index contributed by atoms with van der Waals surface area (Å²) in [5.74, 6) is 0. The summed E-state index contributed by atoms with van der Waals surface area (Å²) < 4.78 is 6.34. The van der Waals surface area contributed by atoms with Crippen molar-refractivity contribution in [3.05, 3.63) is 241 Å². The second-order valence-corrected chi connectivity index (χ2v) is 20.3. The molecule has 0 saturated carbocycles. The fraction of sp³-hybridized carbons (Fsp3) is 0.0938. The van der Waals surface area contributed by atoms with Crippen LogP contribution in [0.25, 0.3) is 65.1 Å². The quantitative estimate of drug-likeness (QED) is 0.152. The molecule has 2 aromatic heterocycles. The fourth-order valence-corrected chi connectivity index (χ4v) is 13.1. The van der Waals surface area contributed by atoms with E-state index in [0.29, 0.717) is 0 Å². The normalized spacial score (nSPS) is 13.8. The van der Waals surface area contributed by atoms with Gasteiger partial charge in [0.05, 0.1) is 11.4 Å². The second kappa shape index (κ2) is 15.3. The van der Waals surface area contributed by atoms with Gasteiger partial charge in [0.15, 0.2) is 0 Å². The van der Waals surface area contributed by atoms with E-state index >= 15 is 0 Å². The molecule has 0 atom stereocenters. The van der Waals surface area contributed by atoms with Crippen LogP contribution in [0.1, 0.15) is 49.9 Å². The third kappa shape index (κ3) is 6.10. The highest BCUT2D eigenvalue weighted by molar-refractivity contribution is 7.19. The third-order valence-corrected chi connectivity index (χ3v) is 15.9. The molecule has 4 heteroatoms. The fourth-order valence-electron chi connectivity index (χ4n) is 11.4. The first kappa shape index (κ1) is 40.4. The summed E-state index contributed by atoms with van der Waals surface area (Å²) in [4.78, 5) is 7.69. The predicted molar refractivity (Wildman–Crippen MR) is 287 cm³/mol. The molecule has 326 valence electrons. The second-order valence-electron chi connectivity index (χ2n) is 19.3. The Labute approximate surface area is 401 Å². The number of benzene rings is 9. The van der Waals surface area contributed by atoms with Crippen LogP contribution in [-0.2, 0) is 10.8 Å². The Balaban J connectivity index is 0.935. The summed E-state index contributed by atoms with van der Waals surface area (Å²) in [7, 11) is 0. The van der Waals surface area contributed by atoms with Crippen molar-refractivity contribution in [1.29, 1.82) is 0 Å². The molecule has 0 aliphatic heterocycles. The standard InChI is InChI=1S/C64H48N2OS/c1-63(2)53-39-45(65(43-24-12-7-13-25-43)55-29-17-14-26-47(55)41-20-8-5-9-21-41)32-35-50(53)61-59(63)60-62(68-61)51-36-33-46(40-54(51)64(60,3)4)66(56-30-18-15-27-48(56)42-22-10-6-11-23-42)44-34-37-58-52(38-44)49-28-16-19-31-57(49)67-58/h5-40H,1-4H3. The molecule has 0 unspecified atom stereocenters. The number of thiophene rings is 1. The number of nitrogens with zero attached hydrogens (tertiary/aromatic N) is 2. The minimum atomic E-state index is -0.257. The molecule has 2 aliphatic rings. The zero-order chi connectivity index (χ0) is 45.7.